The van der Waals surface area contributed by atoms with Gasteiger partial charge in [-0.25, -0.2) is 4.79 Å². The highest BCUT2D eigenvalue weighted by Crippen LogP contribution is 2.26. The number of benzene rings is 2. The van der Waals surface area contributed by atoms with Crippen LogP contribution < -0.4 is 5.32 Å². The lowest BCUT2D eigenvalue weighted by atomic mass is 10.0. The second-order valence-corrected chi connectivity index (χ2v) is 5.53. The maximum atomic E-state index is 12.0. The Hall–Kier alpha value is -2.93. The van der Waals surface area contributed by atoms with Crippen LogP contribution in [-0.2, 0) is 9.53 Å². The lowest BCUT2D eigenvalue weighted by Gasteiger charge is -2.24. The summed E-state index contributed by atoms with van der Waals surface area (Å²) in [7, 11) is 0. The van der Waals surface area contributed by atoms with Gasteiger partial charge in [0.2, 0.25) is 0 Å². The first-order valence-corrected chi connectivity index (χ1v) is 7.84. The van der Waals surface area contributed by atoms with Crippen molar-refractivity contribution in [2.75, 3.05) is 11.9 Å². The van der Waals surface area contributed by atoms with Gasteiger partial charge in [0.1, 0.15) is 0 Å². The summed E-state index contributed by atoms with van der Waals surface area (Å²) >= 11 is 0. The number of carbonyl (C=O) groups excluding carboxylic acids is 1. The second-order valence-electron chi connectivity index (χ2n) is 5.53. The molecule has 2 rings (SSSR count). The normalized spacial score (nSPS) is 12.9. The summed E-state index contributed by atoms with van der Waals surface area (Å²) in [6, 6.07) is 12.3. The van der Waals surface area contributed by atoms with Crippen LogP contribution in [0.5, 0.6) is 0 Å². The molecule has 0 aromatic heterocycles. The average molecular weight is 344 g/mol. The van der Waals surface area contributed by atoms with Crippen molar-refractivity contribution in [1.29, 1.82) is 0 Å². The van der Waals surface area contributed by atoms with Crippen molar-refractivity contribution in [3.8, 4) is 0 Å². The number of non-ortho nitro benzene ring substituents is 1. The number of aryl methyl sites for hydroxylation is 1. The molecule has 0 aliphatic carbocycles. The average Bonchev–Trinajstić information content (AvgIpc) is 2.61. The first-order valence-electron chi connectivity index (χ1n) is 7.84. The molecule has 0 saturated carbocycles. The zero-order valence-corrected chi connectivity index (χ0v) is 14.0. The highest BCUT2D eigenvalue weighted by molar-refractivity contribution is 5.76. The Bertz CT molecular complexity index is 728. The van der Waals surface area contributed by atoms with Crippen molar-refractivity contribution >= 4 is 17.3 Å². The summed E-state index contributed by atoms with van der Waals surface area (Å²) in [6.45, 7) is 3.75. The number of nitro groups is 1. The van der Waals surface area contributed by atoms with Crippen molar-refractivity contribution in [2.24, 2.45) is 0 Å². The van der Waals surface area contributed by atoms with Crippen LogP contribution in [0.15, 0.2) is 48.5 Å². The largest absolute Gasteiger partial charge is 0.464 e. The fraction of sp³-hybridized carbons (Fsp3) is 0.278. The van der Waals surface area contributed by atoms with E-state index in [0.717, 1.165) is 5.56 Å². The number of anilines is 1. The number of nitrogens with zero attached hydrogens (tertiary/aromatic N) is 1. The van der Waals surface area contributed by atoms with Gasteiger partial charge in [0.05, 0.1) is 17.6 Å². The number of aliphatic hydroxyl groups is 1. The fourth-order valence-corrected chi connectivity index (χ4v) is 2.34. The maximum absolute atomic E-state index is 12.0. The van der Waals surface area contributed by atoms with Crippen LogP contribution in [0.2, 0.25) is 0 Å². The molecule has 0 fully saturated rings. The zero-order valence-electron chi connectivity index (χ0n) is 14.0. The van der Waals surface area contributed by atoms with Crippen molar-refractivity contribution in [3.05, 3.63) is 69.8 Å². The number of hydrogen-bond acceptors (Lipinski definition) is 6. The molecule has 132 valence electrons. The molecule has 2 atom stereocenters. The second kappa shape index (κ2) is 8.25. The topological polar surface area (TPSA) is 102 Å². The SMILES string of the molecule is CCOC(=O)[C@H](O)[C@@H](Nc1ccc(C)cc1)c1ccc([N+](=O)[O-])cc1. The molecular weight excluding hydrogens is 324 g/mol. The zero-order chi connectivity index (χ0) is 18.4. The predicted octanol–water partition coefficient (Wildman–Crippen LogP) is 2.98. The minimum atomic E-state index is -1.46. The molecule has 25 heavy (non-hydrogen) atoms. The monoisotopic (exact) mass is 344 g/mol. The Kier molecular flexibility index (Phi) is 6.08. The van der Waals surface area contributed by atoms with Gasteiger partial charge in [-0.15, -0.1) is 0 Å². The quantitative estimate of drug-likeness (QED) is 0.455. The van der Waals surface area contributed by atoms with E-state index in [4.69, 9.17) is 4.74 Å². The smallest absolute Gasteiger partial charge is 0.337 e. The lowest BCUT2D eigenvalue weighted by Crippen LogP contribution is -2.34. The van der Waals surface area contributed by atoms with Crippen LogP contribution in [0.25, 0.3) is 0 Å². The van der Waals surface area contributed by atoms with Crippen molar-refractivity contribution in [2.45, 2.75) is 26.0 Å². The van der Waals surface area contributed by atoms with Gasteiger partial charge in [-0.05, 0) is 31.5 Å². The number of ether oxygens (including phenoxy) is 1. The van der Waals surface area contributed by atoms with E-state index in [9.17, 15) is 20.0 Å². The van der Waals surface area contributed by atoms with E-state index in [-0.39, 0.29) is 12.3 Å². The third-order valence-corrected chi connectivity index (χ3v) is 3.68. The molecule has 0 aliphatic heterocycles. The van der Waals surface area contributed by atoms with E-state index in [1.165, 1.54) is 24.3 Å². The van der Waals surface area contributed by atoms with Gasteiger partial charge in [0.25, 0.3) is 5.69 Å². The molecule has 7 heteroatoms. The molecule has 0 aliphatic rings. The van der Waals surface area contributed by atoms with Gasteiger partial charge in [0, 0.05) is 17.8 Å². The van der Waals surface area contributed by atoms with Gasteiger partial charge in [-0.2, -0.15) is 0 Å². The van der Waals surface area contributed by atoms with E-state index in [1.807, 2.05) is 31.2 Å². The summed E-state index contributed by atoms with van der Waals surface area (Å²) in [4.78, 5) is 22.2. The van der Waals surface area contributed by atoms with Crippen LogP contribution in [0.1, 0.15) is 24.1 Å². The van der Waals surface area contributed by atoms with Crippen LogP contribution in [0.4, 0.5) is 11.4 Å². The van der Waals surface area contributed by atoms with Crippen LogP contribution >= 0.6 is 0 Å². The molecule has 0 amide bonds. The van der Waals surface area contributed by atoms with Gasteiger partial charge < -0.3 is 15.2 Å². The molecule has 2 aromatic rings. The number of hydrogen-bond donors (Lipinski definition) is 2. The van der Waals surface area contributed by atoms with Crippen LogP contribution in [0.3, 0.4) is 0 Å². The Balaban J connectivity index is 2.31. The Morgan fingerprint density at radius 3 is 2.32 bits per heavy atom. The summed E-state index contributed by atoms with van der Waals surface area (Å²) in [6.07, 6.45) is -1.46. The van der Waals surface area contributed by atoms with Crippen molar-refractivity contribution in [3.63, 3.8) is 0 Å². The highest BCUT2D eigenvalue weighted by Gasteiger charge is 2.29. The van der Waals surface area contributed by atoms with Crippen molar-refractivity contribution in [1.82, 2.24) is 0 Å². The molecule has 0 spiro atoms. The highest BCUT2D eigenvalue weighted by atomic mass is 16.6. The van der Waals surface area contributed by atoms with Crippen LogP contribution in [0, 0.1) is 17.0 Å². The summed E-state index contributed by atoms with van der Waals surface area (Å²) in [5.41, 5.74) is 2.25. The minimum Gasteiger partial charge on any atom is -0.464 e. The van der Waals surface area contributed by atoms with Crippen molar-refractivity contribution < 1.29 is 19.6 Å². The Labute approximate surface area is 145 Å². The number of esters is 1. The minimum absolute atomic E-state index is 0.0662. The molecule has 2 N–H and O–H groups in total. The molecule has 0 bridgehead atoms. The van der Waals surface area contributed by atoms with E-state index in [2.05, 4.69) is 5.32 Å². The number of carbonyl (C=O) groups is 1. The number of rotatable bonds is 7. The van der Waals surface area contributed by atoms with Gasteiger partial charge >= 0.3 is 5.97 Å². The first-order chi connectivity index (χ1) is 11.9. The number of nitro benzene ring substituents is 1. The Morgan fingerprint density at radius 2 is 1.80 bits per heavy atom. The van der Waals surface area contributed by atoms with Gasteiger partial charge in [-0.3, -0.25) is 10.1 Å². The Morgan fingerprint density at radius 1 is 1.20 bits per heavy atom. The van der Waals surface area contributed by atoms with E-state index in [1.54, 1.807) is 6.92 Å². The fourth-order valence-electron chi connectivity index (χ4n) is 2.34. The predicted molar refractivity (Wildman–Crippen MR) is 93.3 cm³/mol. The lowest BCUT2D eigenvalue weighted by molar-refractivity contribution is -0.384. The van der Waals surface area contributed by atoms with Crippen LogP contribution in [-0.4, -0.2) is 28.7 Å². The van der Waals surface area contributed by atoms with Gasteiger partial charge in [0.15, 0.2) is 6.10 Å². The molecule has 0 saturated heterocycles. The van der Waals surface area contributed by atoms with E-state index < -0.39 is 23.0 Å². The number of nitrogens with one attached hydrogen (secondary N) is 1. The molecular formula is C18H20N2O5. The standard InChI is InChI=1S/C18H20N2O5/c1-3-25-18(22)17(21)16(19-14-8-4-12(2)5-9-14)13-6-10-15(11-7-13)20(23)24/h4-11,16-17,19,21H,3H2,1-2H3/t16-,17+/m0/s1. The molecule has 0 heterocycles. The molecule has 2 aromatic carbocycles. The third kappa shape index (κ3) is 4.77. The summed E-state index contributed by atoms with van der Waals surface area (Å²) in [5.74, 6) is -0.759. The maximum Gasteiger partial charge on any atom is 0.337 e. The first kappa shape index (κ1) is 18.4. The molecule has 0 radical (unpaired) electrons. The summed E-state index contributed by atoms with van der Waals surface area (Å²) < 4.78 is 4.89. The molecule has 7 nitrogen and oxygen atoms in total. The van der Waals surface area contributed by atoms with E-state index in [0.29, 0.717) is 11.3 Å². The van der Waals surface area contributed by atoms with E-state index >= 15 is 0 Å². The number of aliphatic hydroxyl groups excluding tert-OH is 1. The molecule has 0 unspecified atom stereocenters. The third-order valence-electron chi connectivity index (χ3n) is 3.68. The summed E-state index contributed by atoms with van der Waals surface area (Å²) in [5, 5.41) is 24.3. The van der Waals surface area contributed by atoms with Gasteiger partial charge in [-0.1, -0.05) is 29.8 Å².